The van der Waals surface area contributed by atoms with Gasteiger partial charge in [-0.1, -0.05) is 11.3 Å². The molecule has 0 atom stereocenters. The molecular formula is C6H8ClN3O3S. The first kappa shape index (κ1) is 11.3. The van der Waals surface area contributed by atoms with Crippen LogP contribution in [-0.2, 0) is 0 Å². The van der Waals surface area contributed by atoms with Crippen molar-refractivity contribution in [3.05, 3.63) is 9.47 Å². The lowest BCUT2D eigenvalue weighted by atomic mass is 10.3. The average Bonchev–Trinajstić information content (AvgIpc) is 2.61. The maximum atomic E-state index is 11.3. The molecule has 6 nitrogen and oxygen atoms in total. The fourth-order valence-corrected chi connectivity index (χ4v) is 1.42. The van der Waals surface area contributed by atoms with Gasteiger partial charge in [-0.05, 0) is 11.6 Å². The maximum Gasteiger partial charge on any atom is 0.282 e. The van der Waals surface area contributed by atoms with Crippen LogP contribution < -0.4 is 5.32 Å². The zero-order valence-corrected chi connectivity index (χ0v) is 8.55. The van der Waals surface area contributed by atoms with E-state index < -0.39 is 11.9 Å². The highest BCUT2D eigenvalue weighted by molar-refractivity contribution is 7.17. The molecule has 1 rings (SSSR count). The Bertz CT molecular complexity index is 315. The standard InChI is InChI=1S/C6H8ClN3O3S/c7-6-10-9-5(14-6)4(13)8-3(1-11)2-12/h3,11-12H,1-2H2,(H,8,13). The lowest BCUT2D eigenvalue weighted by Gasteiger charge is -2.11. The van der Waals surface area contributed by atoms with Crippen LogP contribution >= 0.6 is 22.9 Å². The number of carbonyl (C=O) groups excluding carboxylic acids is 1. The van der Waals surface area contributed by atoms with E-state index in [2.05, 4.69) is 15.5 Å². The Labute approximate surface area is 88.5 Å². The summed E-state index contributed by atoms with van der Waals surface area (Å²) >= 11 is 6.40. The summed E-state index contributed by atoms with van der Waals surface area (Å²) in [7, 11) is 0. The fraction of sp³-hybridized carbons (Fsp3) is 0.500. The van der Waals surface area contributed by atoms with Crippen LogP contribution in [0.4, 0.5) is 0 Å². The summed E-state index contributed by atoms with van der Waals surface area (Å²) in [4.78, 5) is 11.3. The summed E-state index contributed by atoms with van der Waals surface area (Å²) in [6.07, 6.45) is 0. The second kappa shape index (κ2) is 5.20. The number of aromatic nitrogens is 2. The van der Waals surface area contributed by atoms with E-state index in [0.717, 1.165) is 11.3 Å². The third-order valence-electron chi connectivity index (χ3n) is 1.37. The number of carbonyl (C=O) groups is 1. The van der Waals surface area contributed by atoms with Gasteiger partial charge in [0, 0.05) is 0 Å². The van der Waals surface area contributed by atoms with Gasteiger partial charge in [-0.15, -0.1) is 10.2 Å². The normalized spacial score (nSPS) is 10.6. The second-order valence-electron chi connectivity index (χ2n) is 2.40. The SMILES string of the molecule is O=C(NC(CO)CO)c1nnc(Cl)s1. The number of nitrogens with one attached hydrogen (secondary N) is 1. The number of halogens is 1. The van der Waals surface area contributed by atoms with E-state index in [-0.39, 0.29) is 22.7 Å². The Morgan fingerprint density at radius 2 is 2.14 bits per heavy atom. The van der Waals surface area contributed by atoms with Gasteiger partial charge in [0.15, 0.2) is 0 Å². The number of aliphatic hydroxyl groups excluding tert-OH is 2. The first-order valence-electron chi connectivity index (χ1n) is 3.69. The summed E-state index contributed by atoms with van der Waals surface area (Å²) in [5.41, 5.74) is 0. The molecule has 14 heavy (non-hydrogen) atoms. The summed E-state index contributed by atoms with van der Waals surface area (Å²) < 4.78 is 0.166. The number of nitrogens with zero attached hydrogens (tertiary/aromatic N) is 2. The topological polar surface area (TPSA) is 95.3 Å². The summed E-state index contributed by atoms with van der Waals surface area (Å²) in [6.45, 7) is -0.677. The van der Waals surface area contributed by atoms with E-state index in [1.165, 1.54) is 0 Å². The molecule has 1 heterocycles. The van der Waals surface area contributed by atoms with Crippen LogP contribution in [0.2, 0.25) is 4.47 Å². The Balaban J connectivity index is 2.58. The minimum Gasteiger partial charge on any atom is -0.394 e. The van der Waals surface area contributed by atoms with Gasteiger partial charge in [-0.3, -0.25) is 4.79 Å². The van der Waals surface area contributed by atoms with Gasteiger partial charge in [0.05, 0.1) is 19.3 Å². The molecule has 0 fully saturated rings. The lowest BCUT2D eigenvalue weighted by Crippen LogP contribution is -2.40. The van der Waals surface area contributed by atoms with Crippen molar-refractivity contribution in [1.82, 2.24) is 15.5 Å². The third-order valence-corrected chi connectivity index (χ3v) is 2.39. The predicted octanol–water partition coefficient (Wildman–Crippen LogP) is -0.726. The number of hydrogen-bond donors (Lipinski definition) is 3. The molecule has 0 aromatic carbocycles. The molecule has 1 amide bonds. The van der Waals surface area contributed by atoms with Crippen molar-refractivity contribution in [2.45, 2.75) is 6.04 Å². The van der Waals surface area contributed by atoms with E-state index in [4.69, 9.17) is 21.8 Å². The van der Waals surface area contributed by atoms with Gasteiger partial charge in [-0.25, -0.2) is 0 Å². The van der Waals surface area contributed by atoms with Crippen molar-refractivity contribution in [2.75, 3.05) is 13.2 Å². The molecule has 0 aliphatic carbocycles. The zero-order chi connectivity index (χ0) is 10.6. The van der Waals surface area contributed by atoms with Crippen LogP contribution in [0.25, 0.3) is 0 Å². The Hall–Kier alpha value is -0.760. The molecule has 8 heteroatoms. The van der Waals surface area contributed by atoms with Crippen molar-refractivity contribution in [3.63, 3.8) is 0 Å². The smallest absolute Gasteiger partial charge is 0.282 e. The minimum atomic E-state index is -0.690. The summed E-state index contributed by atoms with van der Waals surface area (Å²) in [6, 6.07) is -0.690. The van der Waals surface area contributed by atoms with Gasteiger partial charge in [0.1, 0.15) is 0 Å². The molecule has 1 aromatic heterocycles. The monoisotopic (exact) mass is 237 g/mol. The molecular weight excluding hydrogens is 230 g/mol. The molecule has 0 aliphatic rings. The molecule has 3 N–H and O–H groups in total. The second-order valence-corrected chi connectivity index (χ2v) is 3.96. The zero-order valence-electron chi connectivity index (χ0n) is 6.97. The van der Waals surface area contributed by atoms with Crippen LogP contribution in [0.1, 0.15) is 9.80 Å². The van der Waals surface area contributed by atoms with Crippen LogP contribution in [0.15, 0.2) is 0 Å². The Kier molecular flexibility index (Phi) is 4.21. The first-order valence-corrected chi connectivity index (χ1v) is 4.88. The molecule has 78 valence electrons. The van der Waals surface area contributed by atoms with E-state index >= 15 is 0 Å². The van der Waals surface area contributed by atoms with Crippen molar-refractivity contribution in [1.29, 1.82) is 0 Å². The Morgan fingerprint density at radius 3 is 2.57 bits per heavy atom. The van der Waals surface area contributed by atoms with Crippen molar-refractivity contribution >= 4 is 28.8 Å². The minimum absolute atomic E-state index is 0.0990. The number of hydrogen-bond acceptors (Lipinski definition) is 6. The molecule has 0 unspecified atom stereocenters. The molecule has 0 aliphatic heterocycles. The maximum absolute atomic E-state index is 11.3. The van der Waals surface area contributed by atoms with Gasteiger partial charge in [-0.2, -0.15) is 0 Å². The highest BCUT2D eigenvalue weighted by Gasteiger charge is 2.15. The molecule has 0 radical (unpaired) electrons. The van der Waals surface area contributed by atoms with E-state index in [9.17, 15) is 4.79 Å². The first-order chi connectivity index (χ1) is 6.67. The van der Waals surface area contributed by atoms with E-state index in [1.54, 1.807) is 0 Å². The lowest BCUT2D eigenvalue weighted by molar-refractivity contribution is 0.0878. The van der Waals surface area contributed by atoms with Crippen LogP contribution in [0.5, 0.6) is 0 Å². The molecule has 0 saturated carbocycles. The van der Waals surface area contributed by atoms with Gasteiger partial charge < -0.3 is 15.5 Å². The highest BCUT2D eigenvalue weighted by Crippen LogP contribution is 2.14. The number of rotatable bonds is 4. The van der Waals surface area contributed by atoms with Crippen molar-refractivity contribution < 1.29 is 15.0 Å². The summed E-state index contributed by atoms with van der Waals surface area (Å²) in [5, 5.41) is 26.8. The molecule has 1 aromatic rings. The van der Waals surface area contributed by atoms with Gasteiger partial charge in [0.2, 0.25) is 9.47 Å². The molecule has 0 bridgehead atoms. The van der Waals surface area contributed by atoms with Crippen molar-refractivity contribution in [3.8, 4) is 0 Å². The predicted molar refractivity (Wildman–Crippen MR) is 50.3 cm³/mol. The van der Waals surface area contributed by atoms with Crippen molar-refractivity contribution in [2.24, 2.45) is 0 Å². The fourth-order valence-electron chi connectivity index (χ4n) is 0.693. The quantitative estimate of drug-likeness (QED) is 0.642. The largest absolute Gasteiger partial charge is 0.394 e. The van der Waals surface area contributed by atoms with Gasteiger partial charge >= 0.3 is 0 Å². The molecule has 0 spiro atoms. The van der Waals surface area contributed by atoms with Crippen LogP contribution in [0.3, 0.4) is 0 Å². The Morgan fingerprint density at radius 1 is 1.50 bits per heavy atom. The van der Waals surface area contributed by atoms with Crippen LogP contribution in [0, 0.1) is 0 Å². The number of aliphatic hydroxyl groups is 2. The molecule has 0 saturated heterocycles. The van der Waals surface area contributed by atoms with E-state index in [1.807, 2.05) is 0 Å². The van der Waals surface area contributed by atoms with Crippen LogP contribution in [-0.4, -0.2) is 45.6 Å². The highest BCUT2D eigenvalue weighted by atomic mass is 35.5. The third kappa shape index (κ3) is 2.88. The van der Waals surface area contributed by atoms with Gasteiger partial charge in [0.25, 0.3) is 5.91 Å². The van der Waals surface area contributed by atoms with E-state index in [0.29, 0.717) is 0 Å². The summed E-state index contributed by atoms with van der Waals surface area (Å²) in [5.74, 6) is -0.512. The average molecular weight is 238 g/mol. The number of amides is 1.